The van der Waals surface area contributed by atoms with Crippen LogP contribution in [0.1, 0.15) is 12.6 Å². The predicted octanol–water partition coefficient (Wildman–Crippen LogP) is 12.9. The van der Waals surface area contributed by atoms with Gasteiger partial charge in [0.15, 0.2) is 0 Å². The third-order valence-electron chi connectivity index (χ3n) is 10.4. The van der Waals surface area contributed by atoms with Crippen LogP contribution in [-0.2, 0) is 0 Å². The number of nitrogens with zero attached hydrogens (tertiary/aromatic N) is 4. The van der Waals surface area contributed by atoms with Crippen LogP contribution in [0.4, 0.5) is 5.69 Å². The van der Waals surface area contributed by atoms with Gasteiger partial charge in [0.25, 0.3) is 0 Å². The van der Waals surface area contributed by atoms with Crippen molar-refractivity contribution < 1.29 is 0 Å². The van der Waals surface area contributed by atoms with Crippen LogP contribution in [0.2, 0.25) is 0 Å². The molecule has 0 amide bonds. The smallest absolute Gasteiger partial charge is 0.0963 e. The van der Waals surface area contributed by atoms with Gasteiger partial charge in [-0.25, -0.2) is 0 Å². The van der Waals surface area contributed by atoms with Crippen LogP contribution in [-0.4, -0.2) is 20.4 Å². The second-order valence-electron chi connectivity index (χ2n) is 13.2. The summed E-state index contributed by atoms with van der Waals surface area (Å²) in [6, 6.07) is 58.8. The number of fused-ring (bicyclic) bond motifs is 8. The average molecular weight is 667 g/mol. The summed E-state index contributed by atoms with van der Waals surface area (Å²) in [4.78, 5) is 4.74. The van der Waals surface area contributed by atoms with Crippen molar-refractivity contribution in [3.8, 4) is 28.2 Å². The van der Waals surface area contributed by atoms with E-state index in [0.29, 0.717) is 0 Å². The minimum Gasteiger partial charge on any atom is -0.309 e. The van der Waals surface area contributed by atoms with Crippen molar-refractivity contribution in [1.82, 2.24) is 13.7 Å². The fourth-order valence-corrected chi connectivity index (χ4v) is 8.29. The SMILES string of the molecule is C=Nc1c(/C=C\C)n(-c2cccc(-c3cccc(-n4c5ccccc5c5ccccc54)c3)c2)c2ccc3c(c4ccccc4n3-c3ccccc3)c12. The molecule has 10 aromatic rings. The minimum atomic E-state index is 0.883. The topological polar surface area (TPSA) is 27.1 Å². The number of aromatic nitrogens is 3. The molecule has 0 spiro atoms. The summed E-state index contributed by atoms with van der Waals surface area (Å²) < 4.78 is 7.07. The van der Waals surface area contributed by atoms with E-state index in [9.17, 15) is 0 Å². The van der Waals surface area contributed by atoms with Gasteiger partial charge in [-0.05, 0) is 97.6 Å². The van der Waals surface area contributed by atoms with Crippen LogP contribution in [0.25, 0.3) is 88.8 Å². The lowest BCUT2D eigenvalue weighted by molar-refractivity contribution is 1.11. The molecule has 52 heavy (non-hydrogen) atoms. The molecule has 0 unspecified atom stereocenters. The Morgan fingerprint density at radius 1 is 0.442 bits per heavy atom. The first kappa shape index (κ1) is 30.0. The van der Waals surface area contributed by atoms with Gasteiger partial charge < -0.3 is 13.7 Å². The fraction of sp³-hybridized carbons (Fsp3) is 0.0208. The Bertz CT molecular complexity index is 2990. The molecule has 0 atom stereocenters. The number of benzene rings is 7. The molecular weight excluding hydrogens is 633 g/mol. The zero-order valence-corrected chi connectivity index (χ0v) is 28.7. The Morgan fingerprint density at radius 2 is 0.923 bits per heavy atom. The van der Waals surface area contributed by atoms with Gasteiger partial charge in [0.2, 0.25) is 0 Å². The Hall–Kier alpha value is -6.91. The van der Waals surface area contributed by atoms with Gasteiger partial charge in [0, 0.05) is 44.0 Å². The molecule has 246 valence electrons. The molecule has 0 aliphatic rings. The zero-order chi connectivity index (χ0) is 34.8. The highest BCUT2D eigenvalue weighted by molar-refractivity contribution is 6.25. The summed E-state index contributed by atoms with van der Waals surface area (Å²) in [6.07, 6.45) is 4.24. The van der Waals surface area contributed by atoms with Gasteiger partial charge in [-0.15, -0.1) is 0 Å². The number of para-hydroxylation sites is 4. The van der Waals surface area contributed by atoms with E-state index in [-0.39, 0.29) is 0 Å². The summed E-state index contributed by atoms with van der Waals surface area (Å²) in [6.45, 7) is 6.18. The lowest BCUT2D eigenvalue weighted by atomic mass is 10.0. The van der Waals surface area contributed by atoms with Crippen molar-refractivity contribution in [2.75, 3.05) is 0 Å². The van der Waals surface area contributed by atoms with E-state index in [1.54, 1.807) is 0 Å². The number of hydrogen-bond acceptors (Lipinski definition) is 1. The highest BCUT2D eigenvalue weighted by atomic mass is 15.0. The van der Waals surface area contributed by atoms with Crippen LogP contribution in [0.5, 0.6) is 0 Å². The second-order valence-corrected chi connectivity index (χ2v) is 13.2. The highest BCUT2D eigenvalue weighted by Crippen LogP contribution is 2.45. The molecule has 0 aliphatic carbocycles. The molecule has 7 aromatic carbocycles. The van der Waals surface area contributed by atoms with E-state index in [0.717, 1.165) is 61.5 Å². The molecule has 4 heteroatoms. The first-order valence-electron chi connectivity index (χ1n) is 17.7. The maximum Gasteiger partial charge on any atom is 0.0963 e. The molecule has 3 aromatic heterocycles. The van der Waals surface area contributed by atoms with E-state index < -0.39 is 0 Å². The lowest BCUT2D eigenvalue weighted by Gasteiger charge is -2.13. The molecule has 0 saturated heterocycles. The van der Waals surface area contributed by atoms with Crippen molar-refractivity contribution >= 4 is 73.0 Å². The first-order valence-corrected chi connectivity index (χ1v) is 17.7. The second kappa shape index (κ2) is 11.9. The third kappa shape index (κ3) is 4.38. The standard InChI is InChI=1S/C48H34N4/c1-3-15-45-48(49-2)47-44(29-28-43-46(47)39-24-9-12-27-42(39)50(43)34-18-5-4-6-19-34)52(45)36-21-14-17-33(31-36)32-16-13-20-35(30-32)51-40-25-10-7-22-37(40)38-23-8-11-26-41(38)51/h3-31H,2H2,1H3/b15-3-. The number of rotatable bonds is 6. The van der Waals surface area contributed by atoms with Crippen molar-refractivity contribution in [2.24, 2.45) is 4.99 Å². The van der Waals surface area contributed by atoms with E-state index >= 15 is 0 Å². The largest absolute Gasteiger partial charge is 0.309 e. The van der Waals surface area contributed by atoms with Crippen LogP contribution in [0.3, 0.4) is 0 Å². The molecular formula is C48H34N4. The van der Waals surface area contributed by atoms with Gasteiger partial charge >= 0.3 is 0 Å². The molecule has 3 heterocycles. The molecule has 4 nitrogen and oxygen atoms in total. The van der Waals surface area contributed by atoms with Crippen LogP contribution in [0.15, 0.2) is 175 Å². The first-order chi connectivity index (χ1) is 25.7. The Balaban J connectivity index is 1.19. The van der Waals surface area contributed by atoms with Crippen molar-refractivity contribution in [2.45, 2.75) is 6.92 Å². The lowest BCUT2D eigenvalue weighted by Crippen LogP contribution is -1.98. The van der Waals surface area contributed by atoms with Crippen molar-refractivity contribution in [3.63, 3.8) is 0 Å². The van der Waals surface area contributed by atoms with Gasteiger partial charge in [-0.3, -0.25) is 4.99 Å². The number of hydrogen-bond donors (Lipinski definition) is 0. The predicted molar refractivity (Wildman–Crippen MR) is 221 cm³/mol. The van der Waals surface area contributed by atoms with Crippen LogP contribution >= 0.6 is 0 Å². The Morgan fingerprint density at radius 3 is 1.52 bits per heavy atom. The summed E-state index contributed by atoms with van der Waals surface area (Å²) in [5.41, 5.74) is 13.3. The molecule has 0 saturated carbocycles. The summed E-state index contributed by atoms with van der Waals surface area (Å²) in [5.74, 6) is 0. The molecule has 0 radical (unpaired) electrons. The van der Waals surface area contributed by atoms with E-state index in [1.165, 1.54) is 32.6 Å². The molecule has 0 fully saturated rings. The summed E-state index contributed by atoms with van der Waals surface area (Å²) in [5, 5.41) is 5.99. The Labute approximate surface area is 301 Å². The van der Waals surface area contributed by atoms with Crippen molar-refractivity contribution in [1.29, 1.82) is 0 Å². The molecule has 0 bridgehead atoms. The number of aliphatic imine (C=N–C) groups is 1. The van der Waals surface area contributed by atoms with E-state index in [2.05, 4.69) is 203 Å². The van der Waals surface area contributed by atoms with Crippen LogP contribution < -0.4 is 0 Å². The molecule has 0 aliphatic heterocycles. The normalized spacial score (nSPS) is 11.9. The van der Waals surface area contributed by atoms with Gasteiger partial charge in [0.05, 0.1) is 39.0 Å². The maximum absolute atomic E-state index is 4.74. The van der Waals surface area contributed by atoms with Crippen molar-refractivity contribution in [3.05, 3.63) is 176 Å². The van der Waals surface area contributed by atoms with E-state index in [1.807, 2.05) is 0 Å². The monoisotopic (exact) mass is 666 g/mol. The van der Waals surface area contributed by atoms with Gasteiger partial charge in [0.1, 0.15) is 0 Å². The maximum atomic E-state index is 4.74. The van der Waals surface area contributed by atoms with Crippen LogP contribution in [0, 0.1) is 0 Å². The van der Waals surface area contributed by atoms with Gasteiger partial charge in [-0.2, -0.15) is 0 Å². The summed E-state index contributed by atoms with van der Waals surface area (Å²) >= 11 is 0. The fourth-order valence-electron chi connectivity index (χ4n) is 8.29. The Kier molecular flexibility index (Phi) is 6.83. The number of allylic oxidation sites excluding steroid dienone is 1. The van der Waals surface area contributed by atoms with Gasteiger partial charge in [-0.1, -0.05) is 103 Å². The third-order valence-corrected chi connectivity index (χ3v) is 10.4. The van der Waals surface area contributed by atoms with E-state index in [4.69, 9.17) is 4.99 Å². The zero-order valence-electron chi connectivity index (χ0n) is 28.7. The molecule has 0 N–H and O–H groups in total. The minimum absolute atomic E-state index is 0.883. The summed E-state index contributed by atoms with van der Waals surface area (Å²) in [7, 11) is 0. The average Bonchev–Trinajstić information content (AvgIpc) is 3.84. The quantitative estimate of drug-likeness (QED) is 0.158. The molecule has 10 rings (SSSR count). The highest BCUT2D eigenvalue weighted by Gasteiger charge is 2.23.